The van der Waals surface area contributed by atoms with Crippen LogP contribution in [-0.4, -0.2) is 50.6 Å². The second-order valence-corrected chi connectivity index (χ2v) is 12.1. The number of halogens is 1. The van der Waals surface area contributed by atoms with Crippen molar-refractivity contribution in [3.63, 3.8) is 0 Å². The SMILES string of the molecule is CCCC1=C(C(=O)OCC)[C@@H](c2c(OC)ccc3ccccc23)n2c(s/c(=C/c3cc(Br)c(N4CCOCC4)o3)c2=O)=N1. The zero-order valence-electron chi connectivity index (χ0n) is 24.2. The maximum absolute atomic E-state index is 14.3. The molecule has 0 amide bonds. The molecule has 0 radical (unpaired) electrons. The summed E-state index contributed by atoms with van der Waals surface area (Å²) in [5, 5.41) is 1.85. The molecule has 2 aromatic heterocycles. The van der Waals surface area contributed by atoms with Crippen LogP contribution in [0.15, 0.2) is 72.4 Å². The molecule has 2 aliphatic heterocycles. The number of carbonyl (C=O) groups is 1. The van der Waals surface area contributed by atoms with Crippen molar-refractivity contribution in [2.24, 2.45) is 4.99 Å². The van der Waals surface area contributed by atoms with Gasteiger partial charge in [-0.2, -0.15) is 0 Å². The standard InChI is InChI=1S/C32H32BrN3O6S/c1-4-8-23-27(31(38)41-5-2)28(26-21-10-7-6-9-19(21)11-12-24(26)39-3)36-29(37)25(43-32(36)34-23)18-20-17-22(33)30(42-20)35-13-15-40-16-14-35/h6-7,9-12,17-18,28H,4-5,8,13-16H2,1-3H3/b25-18+/t28-/m1/s1. The Morgan fingerprint density at radius 3 is 2.72 bits per heavy atom. The summed E-state index contributed by atoms with van der Waals surface area (Å²) in [4.78, 5) is 35.5. The molecule has 0 unspecified atom stereocenters. The second-order valence-electron chi connectivity index (χ2n) is 10.2. The smallest absolute Gasteiger partial charge is 0.338 e. The minimum Gasteiger partial charge on any atom is -0.496 e. The summed E-state index contributed by atoms with van der Waals surface area (Å²) in [7, 11) is 1.60. The van der Waals surface area contributed by atoms with Crippen LogP contribution in [0.1, 0.15) is 44.1 Å². The molecule has 4 aromatic rings. The predicted molar refractivity (Wildman–Crippen MR) is 170 cm³/mol. The monoisotopic (exact) mass is 665 g/mol. The number of aromatic nitrogens is 1. The van der Waals surface area contributed by atoms with Crippen molar-refractivity contribution < 1.29 is 23.4 Å². The molecule has 4 heterocycles. The van der Waals surface area contributed by atoms with Crippen LogP contribution in [0.25, 0.3) is 16.8 Å². The Morgan fingerprint density at radius 2 is 1.98 bits per heavy atom. The number of fused-ring (bicyclic) bond motifs is 2. The molecule has 224 valence electrons. The average Bonchev–Trinajstić information content (AvgIpc) is 3.54. The molecule has 2 aromatic carbocycles. The molecule has 2 aliphatic rings. The fourth-order valence-corrected chi connectivity index (χ4v) is 7.25. The molecule has 0 bridgehead atoms. The van der Waals surface area contributed by atoms with Gasteiger partial charge in [0, 0.05) is 30.8 Å². The number of benzene rings is 2. The first-order valence-electron chi connectivity index (χ1n) is 14.3. The maximum atomic E-state index is 14.3. The summed E-state index contributed by atoms with van der Waals surface area (Å²) in [6.07, 6.45) is 3.06. The summed E-state index contributed by atoms with van der Waals surface area (Å²) in [5.74, 6) is 1.32. The molecule has 0 saturated carbocycles. The average molecular weight is 667 g/mol. The molecule has 0 N–H and O–H groups in total. The van der Waals surface area contributed by atoms with Crippen molar-refractivity contribution in [2.45, 2.75) is 32.7 Å². The number of hydrogen-bond donors (Lipinski definition) is 0. The van der Waals surface area contributed by atoms with Gasteiger partial charge in [0.05, 0.1) is 47.2 Å². The molecule has 0 spiro atoms. The Balaban J connectivity index is 1.59. The normalized spacial score (nSPS) is 17.3. The minimum absolute atomic E-state index is 0.199. The first-order valence-corrected chi connectivity index (χ1v) is 16.0. The lowest BCUT2D eigenvalue weighted by molar-refractivity contribution is -0.139. The number of methoxy groups -OCH3 is 1. The van der Waals surface area contributed by atoms with E-state index in [0.29, 0.717) is 57.6 Å². The molecule has 9 nitrogen and oxygen atoms in total. The van der Waals surface area contributed by atoms with Crippen molar-refractivity contribution >= 4 is 56.0 Å². The summed E-state index contributed by atoms with van der Waals surface area (Å²) >= 11 is 4.89. The van der Waals surface area contributed by atoms with Gasteiger partial charge in [0.2, 0.25) is 5.88 Å². The van der Waals surface area contributed by atoms with Gasteiger partial charge < -0.3 is 23.5 Å². The van der Waals surface area contributed by atoms with E-state index < -0.39 is 12.0 Å². The van der Waals surface area contributed by atoms with Gasteiger partial charge in [-0.1, -0.05) is 55.0 Å². The van der Waals surface area contributed by atoms with Gasteiger partial charge in [0.1, 0.15) is 17.6 Å². The van der Waals surface area contributed by atoms with Crippen molar-refractivity contribution in [3.8, 4) is 5.75 Å². The van der Waals surface area contributed by atoms with Crippen LogP contribution in [-0.2, 0) is 14.3 Å². The number of anilines is 1. The number of esters is 1. The summed E-state index contributed by atoms with van der Waals surface area (Å²) in [6.45, 7) is 6.70. The lowest BCUT2D eigenvalue weighted by atomic mass is 9.90. The maximum Gasteiger partial charge on any atom is 0.338 e. The molecule has 43 heavy (non-hydrogen) atoms. The van der Waals surface area contributed by atoms with E-state index >= 15 is 0 Å². The molecule has 1 saturated heterocycles. The fraction of sp³-hybridized carbons (Fsp3) is 0.344. The predicted octanol–water partition coefficient (Wildman–Crippen LogP) is 4.93. The minimum atomic E-state index is -0.799. The highest BCUT2D eigenvalue weighted by molar-refractivity contribution is 9.10. The Labute approximate surface area is 260 Å². The topological polar surface area (TPSA) is 95.5 Å². The third kappa shape index (κ3) is 5.45. The highest BCUT2D eigenvalue weighted by atomic mass is 79.9. The van der Waals surface area contributed by atoms with Gasteiger partial charge >= 0.3 is 5.97 Å². The number of rotatable bonds is 8. The van der Waals surface area contributed by atoms with Gasteiger partial charge in [-0.15, -0.1) is 0 Å². The van der Waals surface area contributed by atoms with E-state index in [1.165, 1.54) is 11.3 Å². The molecule has 1 atom stereocenters. The van der Waals surface area contributed by atoms with Crippen LogP contribution in [0, 0.1) is 0 Å². The molecule has 0 aliphatic carbocycles. The van der Waals surface area contributed by atoms with Gasteiger partial charge in [0.25, 0.3) is 5.56 Å². The number of hydrogen-bond acceptors (Lipinski definition) is 9. The Bertz CT molecular complexity index is 1900. The summed E-state index contributed by atoms with van der Waals surface area (Å²) < 4.78 is 26.0. The Hall–Kier alpha value is -3.67. The molecular weight excluding hydrogens is 634 g/mol. The molecular formula is C32H32BrN3O6S. The fourth-order valence-electron chi connectivity index (χ4n) is 5.69. The van der Waals surface area contributed by atoms with Crippen molar-refractivity contribution in [2.75, 3.05) is 44.9 Å². The van der Waals surface area contributed by atoms with Crippen LogP contribution in [0.3, 0.4) is 0 Å². The van der Waals surface area contributed by atoms with Crippen LogP contribution >= 0.6 is 27.3 Å². The lowest BCUT2D eigenvalue weighted by Crippen LogP contribution is -2.40. The van der Waals surface area contributed by atoms with E-state index in [9.17, 15) is 9.59 Å². The second kappa shape index (κ2) is 12.5. The number of ether oxygens (including phenoxy) is 3. The van der Waals surface area contributed by atoms with Crippen molar-refractivity contribution in [1.29, 1.82) is 0 Å². The van der Waals surface area contributed by atoms with E-state index in [1.54, 1.807) is 24.7 Å². The van der Waals surface area contributed by atoms with E-state index in [0.717, 1.165) is 40.3 Å². The molecule has 11 heteroatoms. The third-order valence-electron chi connectivity index (χ3n) is 7.58. The zero-order chi connectivity index (χ0) is 30.1. The van der Waals surface area contributed by atoms with Crippen LogP contribution in [0.5, 0.6) is 5.75 Å². The van der Waals surface area contributed by atoms with Gasteiger partial charge in [-0.05, 0) is 46.1 Å². The van der Waals surface area contributed by atoms with Gasteiger partial charge in [-0.3, -0.25) is 9.36 Å². The number of allylic oxidation sites excluding steroid dienone is 1. The number of carbonyl (C=O) groups excluding carboxylic acids is 1. The summed E-state index contributed by atoms with van der Waals surface area (Å²) in [6, 6.07) is 12.8. The zero-order valence-corrected chi connectivity index (χ0v) is 26.6. The van der Waals surface area contributed by atoms with E-state index in [4.69, 9.17) is 23.6 Å². The largest absolute Gasteiger partial charge is 0.496 e. The first kappa shape index (κ1) is 29.4. The third-order valence-corrected chi connectivity index (χ3v) is 9.13. The van der Waals surface area contributed by atoms with Crippen LogP contribution < -0.4 is 24.5 Å². The summed E-state index contributed by atoms with van der Waals surface area (Å²) in [5.41, 5.74) is 1.41. The number of furan rings is 1. The van der Waals surface area contributed by atoms with Crippen molar-refractivity contribution in [1.82, 2.24) is 4.57 Å². The van der Waals surface area contributed by atoms with E-state index in [-0.39, 0.29) is 12.2 Å². The molecule has 6 rings (SSSR count). The lowest BCUT2D eigenvalue weighted by Gasteiger charge is -2.28. The quantitative estimate of drug-likeness (QED) is 0.246. The van der Waals surface area contributed by atoms with Crippen LogP contribution in [0.2, 0.25) is 0 Å². The number of thiazole rings is 1. The highest BCUT2D eigenvalue weighted by Crippen LogP contribution is 2.41. The first-order chi connectivity index (χ1) is 20.9. The van der Waals surface area contributed by atoms with E-state index in [2.05, 4.69) is 20.8 Å². The Kier molecular flexibility index (Phi) is 8.56. The highest BCUT2D eigenvalue weighted by Gasteiger charge is 2.37. The van der Waals surface area contributed by atoms with Gasteiger partial charge in [0.15, 0.2) is 4.80 Å². The number of morpholine rings is 1. The Morgan fingerprint density at radius 1 is 1.19 bits per heavy atom. The van der Waals surface area contributed by atoms with E-state index in [1.807, 2.05) is 49.4 Å². The molecule has 1 fully saturated rings. The van der Waals surface area contributed by atoms with Crippen LogP contribution in [0.4, 0.5) is 5.88 Å². The number of nitrogens with zero attached hydrogens (tertiary/aromatic N) is 3. The van der Waals surface area contributed by atoms with Gasteiger partial charge in [-0.25, -0.2) is 9.79 Å². The van der Waals surface area contributed by atoms with Crippen molar-refractivity contribution in [3.05, 3.63) is 89.2 Å².